The maximum Gasteiger partial charge on any atom is 0.408 e. The number of aryl methyl sites for hydroxylation is 1. The second-order valence-corrected chi connectivity index (χ2v) is 5.43. The van der Waals surface area contributed by atoms with Crippen molar-refractivity contribution in [1.82, 2.24) is 14.5 Å². The highest BCUT2D eigenvalue weighted by Gasteiger charge is 2.49. The summed E-state index contributed by atoms with van der Waals surface area (Å²) in [5.74, 6) is -0.252. The smallest absolute Gasteiger partial charge is 0.358 e. The number of fused-ring (bicyclic) bond motifs is 1. The zero-order chi connectivity index (χ0) is 14.5. The van der Waals surface area contributed by atoms with E-state index in [1.165, 1.54) is 12.4 Å². The summed E-state index contributed by atoms with van der Waals surface area (Å²) in [5, 5.41) is 2.76. The molecule has 1 aliphatic rings. The van der Waals surface area contributed by atoms with E-state index < -0.39 is 12.2 Å². The molecule has 3 rings (SSSR count). The number of nitrogens with zero attached hydrogens (tertiary/aromatic N) is 3. The third-order valence-corrected chi connectivity index (χ3v) is 3.66. The molecule has 0 spiro atoms. The minimum Gasteiger partial charge on any atom is -0.358 e. The van der Waals surface area contributed by atoms with Gasteiger partial charge < -0.3 is 9.88 Å². The van der Waals surface area contributed by atoms with Crippen molar-refractivity contribution in [3.63, 3.8) is 0 Å². The molecular weight excluding hydrogens is 293 g/mol. The van der Waals surface area contributed by atoms with Gasteiger partial charge in [0.05, 0.1) is 11.3 Å². The van der Waals surface area contributed by atoms with Crippen LogP contribution in [0.15, 0.2) is 12.4 Å². The number of anilines is 1. The number of hydrogen-bond acceptors (Lipinski definition) is 3. The van der Waals surface area contributed by atoms with E-state index in [-0.39, 0.29) is 16.8 Å². The van der Waals surface area contributed by atoms with E-state index in [1.807, 2.05) is 0 Å². The first-order valence-corrected chi connectivity index (χ1v) is 6.55. The lowest BCUT2D eigenvalue weighted by atomic mass is 10.2. The predicted molar refractivity (Wildman–Crippen MR) is 69.7 cm³/mol. The first kappa shape index (κ1) is 13.5. The molecule has 2 aromatic heterocycles. The molecular formula is C12H12ClF3N4. The summed E-state index contributed by atoms with van der Waals surface area (Å²) in [6, 6.07) is -0.186. The van der Waals surface area contributed by atoms with Gasteiger partial charge in [0.2, 0.25) is 0 Å². The standard InChI is InChI=1S/C12H12ClF3N4/c1-20-5-17-9-7(13)4-8(19-11(9)20)18-10(6-2-3-6)12(14,15)16/h4-6,10H,2-3H2,1H3,(H,18,19). The molecule has 1 atom stereocenters. The Morgan fingerprint density at radius 2 is 2.15 bits per heavy atom. The van der Waals surface area contributed by atoms with Crippen molar-refractivity contribution in [2.45, 2.75) is 25.1 Å². The number of halogens is 4. The van der Waals surface area contributed by atoms with E-state index in [9.17, 15) is 13.2 Å². The van der Waals surface area contributed by atoms with Gasteiger partial charge in [0.25, 0.3) is 0 Å². The molecule has 1 N–H and O–H groups in total. The fourth-order valence-corrected chi connectivity index (χ4v) is 2.43. The van der Waals surface area contributed by atoms with E-state index in [4.69, 9.17) is 11.6 Å². The van der Waals surface area contributed by atoms with Gasteiger partial charge in [0.15, 0.2) is 5.65 Å². The fourth-order valence-electron chi connectivity index (χ4n) is 2.19. The predicted octanol–water partition coefficient (Wildman–Crippen LogP) is 3.37. The van der Waals surface area contributed by atoms with E-state index >= 15 is 0 Å². The molecule has 0 aromatic carbocycles. The van der Waals surface area contributed by atoms with Crippen molar-refractivity contribution in [2.24, 2.45) is 13.0 Å². The number of rotatable bonds is 3. The van der Waals surface area contributed by atoms with Crippen molar-refractivity contribution in [3.8, 4) is 0 Å². The molecule has 0 bridgehead atoms. The first-order valence-electron chi connectivity index (χ1n) is 6.17. The molecule has 108 valence electrons. The summed E-state index contributed by atoms with van der Waals surface area (Å²) in [7, 11) is 1.71. The number of alkyl halides is 3. The Hall–Kier alpha value is -1.50. The van der Waals surface area contributed by atoms with Gasteiger partial charge in [-0.1, -0.05) is 11.6 Å². The molecule has 4 nitrogen and oxygen atoms in total. The van der Waals surface area contributed by atoms with E-state index in [0.29, 0.717) is 24.0 Å². The molecule has 0 amide bonds. The minimum absolute atomic E-state index is 0.125. The highest BCUT2D eigenvalue weighted by atomic mass is 35.5. The van der Waals surface area contributed by atoms with Gasteiger partial charge in [-0.05, 0) is 18.8 Å². The van der Waals surface area contributed by atoms with Gasteiger partial charge >= 0.3 is 6.18 Å². The molecule has 8 heteroatoms. The van der Waals surface area contributed by atoms with Crippen LogP contribution >= 0.6 is 11.6 Å². The SMILES string of the molecule is Cn1cnc2c(Cl)cc(NC(C3CC3)C(F)(F)F)nc21. The molecule has 2 aromatic rings. The molecule has 0 radical (unpaired) electrons. The second-order valence-electron chi connectivity index (χ2n) is 5.02. The first-order chi connectivity index (χ1) is 9.36. The van der Waals surface area contributed by atoms with Crippen molar-refractivity contribution in [3.05, 3.63) is 17.4 Å². The molecule has 1 aliphatic carbocycles. The third kappa shape index (κ3) is 2.42. The number of hydrogen-bond donors (Lipinski definition) is 1. The van der Waals surface area contributed by atoms with E-state index in [0.717, 1.165) is 0 Å². The number of nitrogens with one attached hydrogen (secondary N) is 1. The van der Waals surface area contributed by atoms with Gasteiger partial charge in [0, 0.05) is 13.1 Å². The minimum atomic E-state index is -4.29. The monoisotopic (exact) mass is 304 g/mol. The van der Waals surface area contributed by atoms with Crippen molar-refractivity contribution in [1.29, 1.82) is 0 Å². The fraction of sp³-hybridized carbons (Fsp3) is 0.500. The van der Waals surface area contributed by atoms with Crippen LogP contribution in [-0.4, -0.2) is 26.8 Å². The molecule has 1 saturated carbocycles. The van der Waals surface area contributed by atoms with Gasteiger partial charge in [-0.15, -0.1) is 0 Å². The zero-order valence-electron chi connectivity index (χ0n) is 10.6. The number of imidazole rings is 1. The maximum atomic E-state index is 13.0. The second kappa shape index (κ2) is 4.51. The van der Waals surface area contributed by atoms with Crippen LogP contribution in [0.5, 0.6) is 0 Å². The Morgan fingerprint density at radius 3 is 2.75 bits per heavy atom. The lowest BCUT2D eigenvalue weighted by Crippen LogP contribution is -2.38. The number of aromatic nitrogens is 3. The average Bonchev–Trinajstić information content (AvgIpc) is 3.10. The van der Waals surface area contributed by atoms with Crippen LogP contribution in [0.4, 0.5) is 19.0 Å². The summed E-state index contributed by atoms with van der Waals surface area (Å²) in [6.45, 7) is 0. The normalized spacial score (nSPS) is 17.4. The van der Waals surface area contributed by atoms with Crippen molar-refractivity contribution in [2.75, 3.05) is 5.32 Å². The Kier molecular flexibility index (Phi) is 3.04. The summed E-state index contributed by atoms with van der Waals surface area (Å²) >= 11 is 6.03. The zero-order valence-corrected chi connectivity index (χ0v) is 11.3. The molecule has 0 aliphatic heterocycles. The molecule has 20 heavy (non-hydrogen) atoms. The third-order valence-electron chi connectivity index (χ3n) is 3.37. The Morgan fingerprint density at radius 1 is 1.45 bits per heavy atom. The van der Waals surface area contributed by atoms with Crippen molar-refractivity contribution < 1.29 is 13.2 Å². The summed E-state index contributed by atoms with van der Waals surface area (Å²) in [5.41, 5.74) is 0.936. The van der Waals surface area contributed by atoms with Gasteiger partial charge in [0.1, 0.15) is 17.4 Å². The lowest BCUT2D eigenvalue weighted by molar-refractivity contribution is -0.146. The average molecular weight is 305 g/mol. The number of pyridine rings is 1. The largest absolute Gasteiger partial charge is 0.408 e. The quantitative estimate of drug-likeness (QED) is 0.945. The van der Waals surface area contributed by atoms with E-state index in [2.05, 4.69) is 15.3 Å². The van der Waals surface area contributed by atoms with Crippen LogP contribution in [0, 0.1) is 5.92 Å². The van der Waals surface area contributed by atoms with Crippen LogP contribution in [0.25, 0.3) is 11.2 Å². The highest BCUT2D eigenvalue weighted by Crippen LogP contribution is 2.41. The van der Waals surface area contributed by atoms with Crippen LogP contribution in [0.2, 0.25) is 5.02 Å². The molecule has 1 unspecified atom stereocenters. The molecule has 1 fully saturated rings. The Bertz CT molecular complexity index is 648. The summed E-state index contributed by atoms with van der Waals surface area (Å²) in [6.07, 6.45) is -1.61. The van der Waals surface area contributed by atoms with Gasteiger partial charge in [-0.3, -0.25) is 0 Å². The Labute approximate surface area is 118 Å². The Balaban J connectivity index is 1.95. The van der Waals surface area contributed by atoms with Crippen LogP contribution in [-0.2, 0) is 7.05 Å². The van der Waals surface area contributed by atoms with Gasteiger partial charge in [-0.25, -0.2) is 9.97 Å². The van der Waals surface area contributed by atoms with E-state index in [1.54, 1.807) is 11.6 Å². The van der Waals surface area contributed by atoms with Crippen LogP contribution < -0.4 is 5.32 Å². The lowest BCUT2D eigenvalue weighted by Gasteiger charge is -2.21. The molecule has 0 saturated heterocycles. The van der Waals surface area contributed by atoms with Gasteiger partial charge in [-0.2, -0.15) is 13.2 Å². The summed E-state index contributed by atoms with van der Waals surface area (Å²) < 4.78 is 40.6. The topological polar surface area (TPSA) is 42.7 Å². The van der Waals surface area contributed by atoms with Crippen LogP contribution in [0.3, 0.4) is 0 Å². The molecule has 2 heterocycles. The maximum absolute atomic E-state index is 13.0. The van der Waals surface area contributed by atoms with Crippen molar-refractivity contribution >= 4 is 28.6 Å². The summed E-state index contributed by atoms with van der Waals surface area (Å²) in [4.78, 5) is 8.22. The highest BCUT2D eigenvalue weighted by molar-refractivity contribution is 6.35. The van der Waals surface area contributed by atoms with Crippen LogP contribution in [0.1, 0.15) is 12.8 Å².